The molecule has 13 heavy (non-hydrogen) atoms. The zero-order valence-corrected chi connectivity index (χ0v) is 10.1. The minimum absolute atomic E-state index is 0.432. The van der Waals surface area contributed by atoms with Crippen LogP contribution in [0, 0.1) is 6.92 Å². The maximum atomic E-state index is 5.84. The Morgan fingerprint density at radius 1 is 1.54 bits per heavy atom. The number of hydrogen-bond donors (Lipinski definition) is 1. The smallest absolute Gasteiger partial charge is 0.119 e. The van der Waals surface area contributed by atoms with Crippen LogP contribution in [0.15, 0.2) is 12.3 Å². The predicted octanol–water partition coefficient (Wildman–Crippen LogP) is 2.57. The average Bonchev–Trinajstić information content (AvgIpc) is 2.03. The second-order valence-corrected chi connectivity index (χ2v) is 3.98. The van der Waals surface area contributed by atoms with Gasteiger partial charge in [0.2, 0.25) is 0 Å². The summed E-state index contributed by atoms with van der Waals surface area (Å²) in [6, 6.07) is 1.90. The van der Waals surface area contributed by atoms with Gasteiger partial charge in [0.15, 0.2) is 0 Å². The fourth-order valence-corrected chi connectivity index (χ4v) is 1.34. The molecule has 1 rings (SSSR count). The van der Waals surface area contributed by atoms with Gasteiger partial charge in [-0.25, -0.2) is 0 Å². The van der Waals surface area contributed by atoms with Gasteiger partial charge < -0.3 is 8.80 Å². The van der Waals surface area contributed by atoms with E-state index in [2.05, 4.69) is 4.98 Å². The van der Waals surface area contributed by atoms with Gasteiger partial charge in [0, 0.05) is 6.20 Å². The molecule has 2 N–H and O–H groups in total. The fraction of sp³-hybridized carbons (Fsp3) is 0.444. The van der Waals surface area contributed by atoms with Crippen LogP contribution in [0.5, 0.6) is 0 Å². The first-order valence-electron chi connectivity index (χ1n) is 3.99. The van der Waals surface area contributed by atoms with Crippen LogP contribution in [0.3, 0.4) is 0 Å². The first-order chi connectivity index (χ1) is 5.97. The molecule has 1 heterocycles. The number of pyridine rings is 1. The van der Waals surface area contributed by atoms with E-state index in [1.54, 1.807) is 6.20 Å². The Labute approximate surface area is 92.4 Å². The van der Waals surface area contributed by atoms with Crippen molar-refractivity contribution >= 4 is 28.7 Å². The number of hydrogen-bond acceptors (Lipinski definition) is 3. The van der Waals surface area contributed by atoms with E-state index in [9.17, 15) is 0 Å². The lowest BCUT2D eigenvalue weighted by Gasteiger charge is -2.21. The van der Waals surface area contributed by atoms with Gasteiger partial charge in [0.25, 0.3) is 0 Å². The van der Waals surface area contributed by atoms with Gasteiger partial charge in [-0.2, -0.15) is 0 Å². The molecule has 0 atom stereocenters. The van der Waals surface area contributed by atoms with E-state index in [-0.39, 0.29) is 0 Å². The summed E-state index contributed by atoms with van der Waals surface area (Å²) < 4.78 is 5.27. The van der Waals surface area contributed by atoms with Crippen molar-refractivity contribution < 1.29 is 3.07 Å². The van der Waals surface area contributed by atoms with Crippen molar-refractivity contribution in [3.63, 3.8) is 0 Å². The maximum absolute atomic E-state index is 5.84. The second kappa shape index (κ2) is 3.79. The van der Waals surface area contributed by atoms with E-state index >= 15 is 0 Å². The Morgan fingerprint density at radius 3 is 2.62 bits per heavy atom. The van der Waals surface area contributed by atoms with Crippen molar-refractivity contribution in [1.29, 1.82) is 0 Å². The normalized spacial score (nSPS) is 11.7. The first-order valence-corrected chi connectivity index (χ1v) is 4.88. The van der Waals surface area contributed by atoms with Crippen molar-refractivity contribution in [3.05, 3.63) is 23.5 Å². The molecule has 0 unspecified atom stereocenters. The van der Waals surface area contributed by atoms with E-state index in [4.69, 9.17) is 8.80 Å². The van der Waals surface area contributed by atoms with E-state index < -0.39 is 5.60 Å². The Kier molecular flexibility index (Phi) is 3.13. The molecule has 3 nitrogen and oxygen atoms in total. The maximum Gasteiger partial charge on any atom is 0.119 e. The lowest BCUT2D eigenvalue weighted by Crippen LogP contribution is -2.20. The summed E-state index contributed by atoms with van der Waals surface area (Å²) in [5.74, 6) is 0. The number of nitrogens with zero attached hydrogens (tertiary/aromatic N) is 1. The molecule has 0 saturated carbocycles. The number of nitrogen functional groups attached to an aromatic ring is 1. The van der Waals surface area contributed by atoms with Gasteiger partial charge in [-0.15, -0.1) is 0 Å². The molecule has 72 valence electrons. The van der Waals surface area contributed by atoms with E-state index in [0.717, 1.165) is 11.3 Å². The molecule has 0 saturated heterocycles. The predicted molar refractivity (Wildman–Crippen MR) is 61.5 cm³/mol. The van der Waals surface area contributed by atoms with Crippen molar-refractivity contribution in [1.82, 2.24) is 4.98 Å². The van der Waals surface area contributed by atoms with Crippen LogP contribution in [0.1, 0.15) is 25.1 Å². The van der Waals surface area contributed by atoms with Gasteiger partial charge in [-0.05, 0) is 32.4 Å². The molecule has 0 spiro atoms. The van der Waals surface area contributed by atoms with E-state index in [1.165, 1.54) is 0 Å². The third-order valence-corrected chi connectivity index (χ3v) is 2.92. The largest absolute Gasteiger partial charge is 0.397 e. The Morgan fingerprint density at radius 2 is 2.15 bits per heavy atom. The molecule has 0 aliphatic heterocycles. The Bertz CT molecular complexity index is 312. The standard InChI is InChI=1S/C9H13IN2O/c1-6-4-7(11)8(12-5-6)9(2,3)13-10/h4-5H,11H2,1-3H3. The highest BCUT2D eigenvalue weighted by Gasteiger charge is 2.24. The fourth-order valence-electron chi connectivity index (χ4n) is 1.13. The van der Waals surface area contributed by atoms with Crippen LogP contribution in [-0.2, 0) is 8.67 Å². The third-order valence-electron chi connectivity index (χ3n) is 1.82. The number of aryl methyl sites for hydroxylation is 1. The molecule has 0 aliphatic carbocycles. The minimum atomic E-state index is -0.432. The number of halogens is 1. The second-order valence-electron chi connectivity index (χ2n) is 3.54. The van der Waals surface area contributed by atoms with E-state index in [0.29, 0.717) is 5.69 Å². The summed E-state index contributed by atoms with van der Waals surface area (Å²) in [5.41, 5.74) is 7.93. The van der Waals surface area contributed by atoms with Gasteiger partial charge in [-0.1, -0.05) is 0 Å². The molecule has 0 radical (unpaired) electrons. The monoisotopic (exact) mass is 292 g/mol. The van der Waals surface area contributed by atoms with Crippen LogP contribution < -0.4 is 5.73 Å². The quantitative estimate of drug-likeness (QED) is 0.852. The molecule has 0 bridgehead atoms. The number of anilines is 1. The molecule has 0 aliphatic rings. The molecular weight excluding hydrogens is 279 g/mol. The van der Waals surface area contributed by atoms with Crippen LogP contribution in [0.25, 0.3) is 0 Å². The summed E-state index contributed by atoms with van der Waals surface area (Å²) in [7, 11) is 0. The highest BCUT2D eigenvalue weighted by molar-refractivity contribution is 14.1. The highest BCUT2D eigenvalue weighted by Crippen LogP contribution is 2.29. The number of rotatable bonds is 2. The van der Waals surface area contributed by atoms with Crippen LogP contribution in [0.2, 0.25) is 0 Å². The summed E-state index contributed by atoms with van der Waals surface area (Å²) in [5, 5.41) is 0. The first kappa shape index (κ1) is 10.7. The Balaban J connectivity index is 3.16. The molecular formula is C9H13IN2O. The summed E-state index contributed by atoms with van der Waals surface area (Å²) in [6.45, 7) is 5.84. The molecule has 0 aromatic carbocycles. The zero-order valence-electron chi connectivity index (χ0n) is 7.97. The van der Waals surface area contributed by atoms with Crippen molar-refractivity contribution in [2.45, 2.75) is 26.4 Å². The zero-order chi connectivity index (χ0) is 10.1. The van der Waals surface area contributed by atoms with E-state index in [1.807, 2.05) is 49.8 Å². The molecule has 0 amide bonds. The minimum Gasteiger partial charge on any atom is -0.397 e. The summed E-state index contributed by atoms with van der Waals surface area (Å²) in [6.07, 6.45) is 1.79. The molecule has 0 fully saturated rings. The van der Waals surface area contributed by atoms with Crippen LogP contribution in [-0.4, -0.2) is 4.98 Å². The molecule has 1 aromatic rings. The van der Waals surface area contributed by atoms with Gasteiger partial charge in [-0.3, -0.25) is 4.98 Å². The average molecular weight is 292 g/mol. The lowest BCUT2D eigenvalue weighted by molar-refractivity contribution is 0.171. The highest BCUT2D eigenvalue weighted by atomic mass is 127. The lowest BCUT2D eigenvalue weighted by atomic mass is 10.0. The van der Waals surface area contributed by atoms with Gasteiger partial charge in [0.1, 0.15) is 28.6 Å². The molecule has 1 aromatic heterocycles. The van der Waals surface area contributed by atoms with Crippen molar-refractivity contribution in [2.75, 3.05) is 5.73 Å². The van der Waals surface area contributed by atoms with Crippen LogP contribution >= 0.6 is 23.0 Å². The summed E-state index contributed by atoms with van der Waals surface area (Å²) in [4.78, 5) is 4.27. The van der Waals surface area contributed by atoms with Crippen molar-refractivity contribution in [3.8, 4) is 0 Å². The third kappa shape index (κ3) is 2.31. The van der Waals surface area contributed by atoms with Gasteiger partial charge >= 0.3 is 0 Å². The summed E-state index contributed by atoms with van der Waals surface area (Å²) >= 11 is 1.86. The number of aromatic nitrogens is 1. The SMILES string of the molecule is Cc1cnc(C(C)(C)OI)c(N)c1. The van der Waals surface area contributed by atoms with Crippen LogP contribution in [0.4, 0.5) is 5.69 Å². The molecule has 4 heteroatoms. The Hall–Kier alpha value is -0.360. The number of nitrogens with two attached hydrogens (primary N) is 1. The van der Waals surface area contributed by atoms with Gasteiger partial charge in [0.05, 0.1) is 11.4 Å². The topological polar surface area (TPSA) is 48.1 Å². The van der Waals surface area contributed by atoms with Crippen molar-refractivity contribution in [2.24, 2.45) is 0 Å².